The lowest BCUT2D eigenvalue weighted by Gasteiger charge is -2.36. The topological polar surface area (TPSA) is 84.8 Å². The maximum absolute atomic E-state index is 13.7. The fraction of sp³-hybridized carbons (Fsp3) is 0.208. The van der Waals surface area contributed by atoms with E-state index in [0.717, 1.165) is 17.8 Å². The molecule has 3 heterocycles. The van der Waals surface area contributed by atoms with Crippen molar-refractivity contribution in [3.63, 3.8) is 0 Å². The van der Waals surface area contributed by atoms with Crippen molar-refractivity contribution in [3.05, 3.63) is 93.9 Å². The molecule has 1 saturated heterocycles. The number of aromatic nitrogens is 1. The molecule has 2 aromatic carbocycles. The average molecular weight is 466 g/mol. The van der Waals surface area contributed by atoms with Crippen LogP contribution < -0.4 is 4.90 Å². The second-order valence-corrected chi connectivity index (χ2v) is 8.09. The summed E-state index contributed by atoms with van der Waals surface area (Å²) in [4.78, 5) is 27.6. The Kier molecular flexibility index (Phi) is 5.48. The SMILES string of the molecule is O=C(c1cc2occc2n1Cc1ccc(F)c(F)c1)N1CCN(c2ccc([N+](=O)[O-])cc2)CC1. The van der Waals surface area contributed by atoms with Crippen LogP contribution in [0.15, 0.2) is 65.3 Å². The van der Waals surface area contributed by atoms with Gasteiger partial charge in [0.05, 0.1) is 16.7 Å². The van der Waals surface area contributed by atoms with Crippen molar-refractivity contribution in [2.24, 2.45) is 0 Å². The second-order valence-electron chi connectivity index (χ2n) is 8.09. The Labute approximate surface area is 192 Å². The van der Waals surface area contributed by atoms with Gasteiger partial charge in [-0.05, 0) is 29.8 Å². The van der Waals surface area contributed by atoms with Crippen molar-refractivity contribution in [1.82, 2.24) is 9.47 Å². The zero-order valence-corrected chi connectivity index (χ0v) is 18.0. The number of amides is 1. The van der Waals surface area contributed by atoms with E-state index in [1.54, 1.807) is 33.7 Å². The molecular formula is C24H20F2N4O4. The number of anilines is 1. The number of nitro groups is 1. The molecule has 0 saturated carbocycles. The van der Waals surface area contributed by atoms with Gasteiger partial charge in [-0.25, -0.2) is 8.78 Å². The number of benzene rings is 2. The Hall–Kier alpha value is -4.21. The smallest absolute Gasteiger partial charge is 0.270 e. The number of non-ortho nitro benzene ring substituents is 1. The van der Waals surface area contributed by atoms with Crippen LogP contribution in [0.1, 0.15) is 16.1 Å². The van der Waals surface area contributed by atoms with Crippen molar-refractivity contribution in [3.8, 4) is 0 Å². The second kappa shape index (κ2) is 8.62. The van der Waals surface area contributed by atoms with E-state index < -0.39 is 16.6 Å². The number of halogens is 2. The third-order valence-electron chi connectivity index (χ3n) is 6.06. The third kappa shape index (κ3) is 3.98. The molecular weight excluding hydrogens is 446 g/mol. The number of nitrogens with zero attached hydrogens (tertiary/aromatic N) is 4. The van der Waals surface area contributed by atoms with E-state index >= 15 is 0 Å². The molecule has 1 aliphatic rings. The highest BCUT2D eigenvalue weighted by Crippen LogP contribution is 2.26. The Morgan fingerprint density at radius 1 is 0.971 bits per heavy atom. The summed E-state index contributed by atoms with van der Waals surface area (Å²) in [6, 6.07) is 13.4. The monoisotopic (exact) mass is 466 g/mol. The highest BCUT2D eigenvalue weighted by Gasteiger charge is 2.26. The van der Waals surface area contributed by atoms with Crippen LogP contribution in [-0.4, -0.2) is 46.5 Å². The number of piperazine rings is 1. The molecule has 0 bridgehead atoms. The van der Waals surface area contributed by atoms with E-state index in [4.69, 9.17) is 4.42 Å². The number of carbonyl (C=O) groups excluding carboxylic acids is 1. The van der Waals surface area contributed by atoms with Crippen LogP contribution in [0.5, 0.6) is 0 Å². The van der Waals surface area contributed by atoms with Gasteiger partial charge in [0.25, 0.3) is 11.6 Å². The van der Waals surface area contributed by atoms with Gasteiger partial charge in [0, 0.05) is 62.7 Å². The van der Waals surface area contributed by atoms with Crippen molar-refractivity contribution < 1.29 is 22.9 Å². The first-order chi connectivity index (χ1) is 16.4. The highest BCUT2D eigenvalue weighted by atomic mass is 19.2. The maximum atomic E-state index is 13.7. The quantitative estimate of drug-likeness (QED) is 0.321. The number of furan rings is 1. The van der Waals surface area contributed by atoms with E-state index in [2.05, 4.69) is 4.90 Å². The first kappa shape index (κ1) is 21.6. The van der Waals surface area contributed by atoms with Gasteiger partial charge in [0.15, 0.2) is 17.2 Å². The molecule has 1 aliphatic heterocycles. The molecule has 0 aliphatic carbocycles. The van der Waals surface area contributed by atoms with Crippen LogP contribution in [0.3, 0.4) is 0 Å². The number of hydrogen-bond acceptors (Lipinski definition) is 5. The summed E-state index contributed by atoms with van der Waals surface area (Å²) in [5.74, 6) is -2.05. The van der Waals surface area contributed by atoms with Crippen molar-refractivity contribution in [1.29, 1.82) is 0 Å². The minimum absolute atomic E-state index is 0.0312. The predicted molar refractivity (Wildman–Crippen MR) is 121 cm³/mol. The van der Waals surface area contributed by atoms with E-state index in [9.17, 15) is 23.7 Å². The van der Waals surface area contributed by atoms with Crippen LogP contribution >= 0.6 is 0 Å². The summed E-state index contributed by atoms with van der Waals surface area (Å²) in [6.07, 6.45) is 1.52. The average Bonchev–Trinajstić information content (AvgIpc) is 3.44. The Morgan fingerprint density at radius 3 is 2.38 bits per heavy atom. The molecule has 0 unspecified atom stereocenters. The summed E-state index contributed by atoms with van der Waals surface area (Å²) in [5.41, 5.74) is 3.05. The first-order valence-corrected chi connectivity index (χ1v) is 10.7. The van der Waals surface area contributed by atoms with Crippen LogP contribution in [0, 0.1) is 21.7 Å². The summed E-state index contributed by atoms with van der Waals surface area (Å²) < 4.78 is 34.3. The predicted octanol–water partition coefficient (Wildman–Crippen LogP) is 4.43. The number of rotatable bonds is 5. The molecule has 5 rings (SSSR count). The zero-order valence-electron chi connectivity index (χ0n) is 18.0. The lowest BCUT2D eigenvalue weighted by Crippen LogP contribution is -2.49. The Morgan fingerprint density at radius 2 is 1.71 bits per heavy atom. The molecule has 1 fully saturated rings. The van der Waals surface area contributed by atoms with E-state index in [1.165, 1.54) is 24.5 Å². The normalized spacial score (nSPS) is 14.1. The summed E-state index contributed by atoms with van der Waals surface area (Å²) in [6.45, 7) is 2.26. The number of hydrogen-bond donors (Lipinski definition) is 0. The highest BCUT2D eigenvalue weighted by molar-refractivity contribution is 5.97. The van der Waals surface area contributed by atoms with Crippen LogP contribution in [0.2, 0.25) is 0 Å². The van der Waals surface area contributed by atoms with Crippen molar-refractivity contribution >= 4 is 28.4 Å². The number of carbonyl (C=O) groups is 1. The standard InChI is InChI=1S/C24H20F2N4O4/c25-19-6-1-16(13-20(19)26)15-29-21-7-12-34-23(21)14-22(29)24(31)28-10-8-27(9-11-28)17-2-4-18(5-3-17)30(32)33/h1-7,12-14H,8-11,15H2. The van der Waals surface area contributed by atoms with Gasteiger partial charge in [0.2, 0.25) is 0 Å². The minimum atomic E-state index is -0.941. The van der Waals surface area contributed by atoms with E-state index in [-0.39, 0.29) is 18.1 Å². The molecule has 174 valence electrons. The van der Waals surface area contributed by atoms with Gasteiger partial charge in [0.1, 0.15) is 5.69 Å². The summed E-state index contributed by atoms with van der Waals surface area (Å²) in [7, 11) is 0. The Bertz CT molecular complexity index is 1370. The van der Waals surface area contributed by atoms with Gasteiger partial charge in [-0.2, -0.15) is 0 Å². The largest absolute Gasteiger partial charge is 0.463 e. The summed E-state index contributed by atoms with van der Waals surface area (Å²) in [5, 5.41) is 10.9. The van der Waals surface area contributed by atoms with Gasteiger partial charge in [-0.3, -0.25) is 14.9 Å². The lowest BCUT2D eigenvalue weighted by atomic mass is 10.2. The van der Waals surface area contributed by atoms with Crippen LogP contribution in [-0.2, 0) is 6.54 Å². The number of nitro benzene ring substituents is 1. The lowest BCUT2D eigenvalue weighted by molar-refractivity contribution is -0.384. The molecule has 4 aromatic rings. The molecule has 8 nitrogen and oxygen atoms in total. The molecule has 0 radical (unpaired) electrons. The molecule has 1 amide bonds. The molecule has 10 heteroatoms. The Balaban J connectivity index is 1.34. The van der Waals surface area contributed by atoms with E-state index in [0.29, 0.717) is 48.5 Å². The maximum Gasteiger partial charge on any atom is 0.270 e. The fourth-order valence-electron chi connectivity index (χ4n) is 4.26. The van der Waals surface area contributed by atoms with Crippen molar-refractivity contribution in [2.45, 2.75) is 6.54 Å². The van der Waals surface area contributed by atoms with Crippen LogP contribution in [0.4, 0.5) is 20.2 Å². The number of fused-ring (bicyclic) bond motifs is 1. The van der Waals surface area contributed by atoms with Gasteiger partial charge in [-0.1, -0.05) is 6.07 Å². The summed E-state index contributed by atoms with van der Waals surface area (Å²) >= 11 is 0. The van der Waals surface area contributed by atoms with Gasteiger partial charge < -0.3 is 18.8 Å². The minimum Gasteiger partial charge on any atom is -0.463 e. The third-order valence-corrected chi connectivity index (χ3v) is 6.06. The molecule has 34 heavy (non-hydrogen) atoms. The fourth-order valence-corrected chi connectivity index (χ4v) is 4.26. The van der Waals surface area contributed by atoms with E-state index in [1.807, 2.05) is 0 Å². The molecule has 0 atom stereocenters. The van der Waals surface area contributed by atoms with Gasteiger partial charge >= 0.3 is 0 Å². The molecule has 2 aromatic heterocycles. The van der Waals surface area contributed by atoms with Crippen molar-refractivity contribution in [2.75, 3.05) is 31.1 Å². The first-order valence-electron chi connectivity index (χ1n) is 10.7. The molecule has 0 spiro atoms. The van der Waals surface area contributed by atoms with Crippen LogP contribution in [0.25, 0.3) is 11.1 Å². The zero-order chi connectivity index (χ0) is 23.8. The molecule has 0 N–H and O–H groups in total. The van der Waals surface area contributed by atoms with Gasteiger partial charge in [-0.15, -0.1) is 0 Å².